The molecule has 0 bridgehead atoms. The smallest absolute Gasteiger partial charge is 0.336 e. The Kier molecular flexibility index (Phi) is 3.72. The van der Waals surface area contributed by atoms with E-state index in [1.165, 1.54) is 10.7 Å². The molecule has 4 aromatic rings. The predicted molar refractivity (Wildman–Crippen MR) is 93.8 cm³/mol. The summed E-state index contributed by atoms with van der Waals surface area (Å²) in [6.07, 6.45) is 2.34. The Bertz CT molecular complexity index is 1110. The van der Waals surface area contributed by atoms with Crippen molar-refractivity contribution in [2.45, 2.75) is 26.8 Å². The van der Waals surface area contributed by atoms with Crippen molar-refractivity contribution in [3.63, 3.8) is 0 Å². The molecule has 3 aromatic heterocycles. The Morgan fingerprint density at radius 2 is 2.04 bits per heavy atom. The lowest BCUT2D eigenvalue weighted by molar-refractivity contribution is 0.318. The van der Waals surface area contributed by atoms with E-state index in [0.29, 0.717) is 35.8 Å². The number of fused-ring (bicyclic) bond motifs is 3. The van der Waals surface area contributed by atoms with Crippen LogP contribution in [0, 0.1) is 0 Å². The van der Waals surface area contributed by atoms with Gasteiger partial charge >= 0.3 is 5.69 Å². The zero-order valence-corrected chi connectivity index (χ0v) is 14.1. The molecule has 1 N–H and O–H groups in total. The molecule has 1 aromatic carbocycles. The highest BCUT2D eigenvalue weighted by Gasteiger charge is 2.18. The third-order valence-corrected chi connectivity index (χ3v) is 4.07. The van der Waals surface area contributed by atoms with Crippen LogP contribution in [0.1, 0.15) is 20.3 Å². The fourth-order valence-corrected chi connectivity index (χ4v) is 2.89. The molecule has 0 spiro atoms. The average molecular weight is 338 g/mol. The Morgan fingerprint density at radius 3 is 2.84 bits per heavy atom. The lowest BCUT2D eigenvalue weighted by atomic mass is 10.2. The summed E-state index contributed by atoms with van der Waals surface area (Å²) in [4.78, 5) is 20.5. The molecular weight excluding hydrogens is 320 g/mol. The van der Waals surface area contributed by atoms with E-state index in [1.54, 1.807) is 4.57 Å². The zero-order valence-electron chi connectivity index (χ0n) is 14.1. The molecule has 128 valence electrons. The summed E-state index contributed by atoms with van der Waals surface area (Å²) >= 11 is 0. The van der Waals surface area contributed by atoms with Crippen LogP contribution in [0.15, 0.2) is 35.4 Å². The number of aromatic nitrogens is 6. The van der Waals surface area contributed by atoms with Gasteiger partial charge in [-0.1, -0.05) is 19.1 Å². The van der Waals surface area contributed by atoms with Crippen molar-refractivity contribution in [1.29, 1.82) is 0 Å². The highest BCUT2D eigenvalue weighted by atomic mass is 16.5. The van der Waals surface area contributed by atoms with E-state index in [2.05, 4.69) is 27.1 Å². The summed E-state index contributed by atoms with van der Waals surface area (Å²) in [7, 11) is 0. The Hall–Kier alpha value is -3.16. The molecule has 0 saturated heterocycles. The Morgan fingerprint density at radius 1 is 1.20 bits per heavy atom. The second kappa shape index (κ2) is 6.04. The van der Waals surface area contributed by atoms with Crippen LogP contribution < -0.4 is 10.4 Å². The first-order chi connectivity index (χ1) is 12.2. The first kappa shape index (κ1) is 15.4. The van der Waals surface area contributed by atoms with Crippen LogP contribution in [0.3, 0.4) is 0 Å². The number of rotatable bonds is 5. The summed E-state index contributed by atoms with van der Waals surface area (Å²) in [6, 6.07) is 7.71. The molecule has 8 nitrogen and oxygen atoms in total. The Labute approximate surface area is 143 Å². The van der Waals surface area contributed by atoms with E-state index in [4.69, 9.17) is 4.74 Å². The van der Waals surface area contributed by atoms with E-state index < -0.39 is 0 Å². The maximum absolute atomic E-state index is 12.6. The second-order valence-electron chi connectivity index (χ2n) is 5.68. The minimum absolute atomic E-state index is 0.205. The van der Waals surface area contributed by atoms with Gasteiger partial charge in [0.25, 0.3) is 0 Å². The van der Waals surface area contributed by atoms with E-state index in [9.17, 15) is 4.79 Å². The molecule has 8 heteroatoms. The number of ether oxygens (including phenoxy) is 1. The van der Waals surface area contributed by atoms with Gasteiger partial charge in [-0.05, 0) is 25.5 Å². The average Bonchev–Trinajstić information content (AvgIpc) is 3.27. The number of aryl methyl sites for hydroxylation is 1. The number of hydrogen-bond donors (Lipinski definition) is 1. The van der Waals surface area contributed by atoms with Gasteiger partial charge in [-0.2, -0.15) is 0 Å². The Balaban J connectivity index is 1.98. The molecule has 0 radical (unpaired) electrons. The molecular formula is C17H18N6O2. The van der Waals surface area contributed by atoms with Crippen LogP contribution in [0.5, 0.6) is 5.75 Å². The summed E-state index contributed by atoms with van der Waals surface area (Å²) in [5.41, 5.74) is 2.35. The number of benzene rings is 1. The molecule has 4 rings (SSSR count). The molecule has 0 aliphatic rings. The number of aromatic amines is 1. The molecule has 0 amide bonds. The molecule has 0 fully saturated rings. The summed E-state index contributed by atoms with van der Waals surface area (Å²) in [5.74, 6) is 1.39. The molecule has 0 aliphatic carbocycles. The van der Waals surface area contributed by atoms with Gasteiger partial charge in [0, 0.05) is 6.54 Å². The normalized spacial score (nSPS) is 11.4. The first-order valence-electron chi connectivity index (χ1n) is 8.29. The number of imidazole rings is 1. The highest BCUT2D eigenvalue weighted by Crippen LogP contribution is 2.29. The molecule has 0 atom stereocenters. The third-order valence-electron chi connectivity index (χ3n) is 4.07. The monoisotopic (exact) mass is 338 g/mol. The first-order valence-corrected chi connectivity index (χ1v) is 8.29. The number of hydrogen-bond acceptors (Lipinski definition) is 5. The maximum Gasteiger partial charge on any atom is 0.336 e. The van der Waals surface area contributed by atoms with Crippen molar-refractivity contribution in [3.8, 4) is 17.1 Å². The van der Waals surface area contributed by atoms with Crippen molar-refractivity contribution < 1.29 is 4.74 Å². The summed E-state index contributed by atoms with van der Waals surface area (Å²) in [5, 5.41) is 7.91. The third kappa shape index (κ3) is 2.37. The van der Waals surface area contributed by atoms with Crippen molar-refractivity contribution in [3.05, 3.63) is 41.1 Å². The number of nitrogens with zero attached hydrogens (tertiary/aromatic N) is 5. The van der Waals surface area contributed by atoms with Gasteiger partial charge in [-0.15, -0.1) is 10.2 Å². The number of H-pyrrole nitrogens is 1. The van der Waals surface area contributed by atoms with Crippen LogP contribution in [0.2, 0.25) is 0 Å². The van der Waals surface area contributed by atoms with Crippen LogP contribution in [-0.4, -0.2) is 35.7 Å². The minimum atomic E-state index is -0.205. The molecule has 3 heterocycles. The van der Waals surface area contributed by atoms with Gasteiger partial charge < -0.3 is 9.72 Å². The predicted octanol–water partition coefficient (Wildman–Crippen LogP) is 2.24. The van der Waals surface area contributed by atoms with Gasteiger partial charge in [-0.25, -0.2) is 14.2 Å². The van der Waals surface area contributed by atoms with Crippen LogP contribution in [-0.2, 0) is 6.54 Å². The lowest BCUT2D eigenvalue weighted by Crippen LogP contribution is -2.26. The molecule has 0 aliphatic heterocycles. The second-order valence-corrected chi connectivity index (χ2v) is 5.68. The number of para-hydroxylation sites is 1. The van der Waals surface area contributed by atoms with Gasteiger partial charge in [0.2, 0.25) is 0 Å². The van der Waals surface area contributed by atoms with Gasteiger partial charge in [0.1, 0.15) is 23.4 Å². The van der Waals surface area contributed by atoms with Crippen molar-refractivity contribution in [2.75, 3.05) is 6.61 Å². The quantitative estimate of drug-likeness (QED) is 0.603. The van der Waals surface area contributed by atoms with Crippen molar-refractivity contribution >= 4 is 16.8 Å². The largest absolute Gasteiger partial charge is 0.493 e. The molecule has 0 saturated carbocycles. The standard InChI is InChI=1S/C17H18N6O2/c1-3-9-25-12-8-6-5-7-11(12)14-19-13-15(20-14)22(4-2)17(24)23-10-18-21-16(13)23/h5-8,10H,3-4,9H2,1-2H3,(H,19,20). The fourth-order valence-electron chi connectivity index (χ4n) is 2.89. The van der Waals surface area contributed by atoms with Gasteiger partial charge in [-0.3, -0.25) is 4.57 Å². The van der Waals surface area contributed by atoms with E-state index in [1.807, 2.05) is 31.2 Å². The zero-order chi connectivity index (χ0) is 17.4. The van der Waals surface area contributed by atoms with E-state index in [-0.39, 0.29) is 5.69 Å². The SMILES string of the molecule is CCCOc1ccccc1-c1nc2c([nH]1)c1nncn1c(=O)n2CC. The topological polar surface area (TPSA) is 90.1 Å². The van der Waals surface area contributed by atoms with Crippen LogP contribution in [0.25, 0.3) is 28.2 Å². The molecule has 25 heavy (non-hydrogen) atoms. The van der Waals surface area contributed by atoms with E-state index >= 15 is 0 Å². The fraction of sp³-hybridized carbons (Fsp3) is 0.294. The van der Waals surface area contributed by atoms with Crippen LogP contribution in [0.4, 0.5) is 0 Å². The summed E-state index contributed by atoms with van der Waals surface area (Å²) < 4.78 is 8.85. The minimum Gasteiger partial charge on any atom is -0.493 e. The van der Waals surface area contributed by atoms with Crippen molar-refractivity contribution in [1.82, 2.24) is 29.1 Å². The highest BCUT2D eigenvalue weighted by molar-refractivity contribution is 5.88. The van der Waals surface area contributed by atoms with E-state index in [0.717, 1.165) is 17.7 Å². The lowest BCUT2D eigenvalue weighted by Gasteiger charge is -2.08. The maximum atomic E-state index is 12.6. The number of nitrogens with one attached hydrogen (secondary N) is 1. The van der Waals surface area contributed by atoms with Crippen molar-refractivity contribution in [2.24, 2.45) is 0 Å². The molecule has 0 unspecified atom stereocenters. The summed E-state index contributed by atoms with van der Waals surface area (Å²) in [6.45, 7) is 5.10. The van der Waals surface area contributed by atoms with Gasteiger partial charge in [0.05, 0.1) is 12.2 Å². The van der Waals surface area contributed by atoms with Gasteiger partial charge in [0.15, 0.2) is 11.3 Å². The van der Waals surface area contributed by atoms with Crippen LogP contribution >= 0.6 is 0 Å².